The second-order valence-corrected chi connectivity index (χ2v) is 6.80. The van der Waals surface area contributed by atoms with Crippen molar-refractivity contribution in [3.8, 4) is 0 Å². The second-order valence-electron chi connectivity index (χ2n) is 6.04. The van der Waals surface area contributed by atoms with Crippen molar-refractivity contribution in [2.45, 2.75) is 57.5 Å². The van der Waals surface area contributed by atoms with Gasteiger partial charge in [-0.05, 0) is 50.4 Å². The van der Waals surface area contributed by atoms with E-state index in [4.69, 9.17) is 9.47 Å². The summed E-state index contributed by atoms with van der Waals surface area (Å²) in [6, 6.07) is 0. The zero-order valence-corrected chi connectivity index (χ0v) is 13.8. The van der Waals surface area contributed by atoms with Gasteiger partial charge in [-0.1, -0.05) is 35.9 Å². The summed E-state index contributed by atoms with van der Waals surface area (Å²) >= 11 is 2.52. The second kappa shape index (κ2) is 7.44. The van der Waals surface area contributed by atoms with E-state index in [1.54, 1.807) is 0 Å². The van der Waals surface area contributed by atoms with Gasteiger partial charge in [0.2, 0.25) is 0 Å². The average molecular weight is 366 g/mol. The van der Waals surface area contributed by atoms with Gasteiger partial charge in [-0.2, -0.15) is 0 Å². The minimum Gasteiger partial charge on any atom is -0.381 e. The highest BCUT2D eigenvalue weighted by Crippen LogP contribution is 2.38. The Bertz CT molecular complexity index is 231. The Kier molecular flexibility index (Phi) is 6.22. The van der Waals surface area contributed by atoms with Crippen molar-refractivity contribution in [1.82, 2.24) is 0 Å². The molecule has 1 saturated heterocycles. The van der Waals surface area contributed by atoms with E-state index >= 15 is 0 Å². The Balaban J connectivity index is 1.77. The first-order valence-corrected chi connectivity index (χ1v) is 9.08. The monoisotopic (exact) mass is 366 g/mol. The Morgan fingerprint density at radius 2 is 1.78 bits per heavy atom. The summed E-state index contributed by atoms with van der Waals surface area (Å²) in [6.07, 6.45) is 9.01. The van der Waals surface area contributed by atoms with E-state index in [0.29, 0.717) is 0 Å². The average Bonchev–Trinajstić information content (AvgIpc) is 2.47. The highest BCUT2D eigenvalue weighted by Gasteiger charge is 2.35. The SMILES string of the molecule is CCC1CCC(CI)(OCC2CCOCC2)CC1. The van der Waals surface area contributed by atoms with E-state index in [0.717, 1.165) is 36.1 Å². The lowest BCUT2D eigenvalue weighted by atomic mass is 9.78. The Morgan fingerprint density at radius 3 is 2.33 bits per heavy atom. The lowest BCUT2D eigenvalue weighted by Gasteiger charge is -2.40. The van der Waals surface area contributed by atoms with E-state index in [1.807, 2.05) is 0 Å². The smallest absolute Gasteiger partial charge is 0.0771 e. The molecule has 2 fully saturated rings. The van der Waals surface area contributed by atoms with Gasteiger partial charge in [0.1, 0.15) is 0 Å². The molecule has 1 saturated carbocycles. The Labute approximate surface area is 125 Å². The predicted octanol–water partition coefficient (Wildman–Crippen LogP) is 4.20. The molecule has 0 aromatic carbocycles. The molecule has 0 amide bonds. The molecule has 2 aliphatic rings. The zero-order valence-electron chi connectivity index (χ0n) is 11.6. The van der Waals surface area contributed by atoms with Crippen molar-refractivity contribution in [3.05, 3.63) is 0 Å². The molecule has 106 valence electrons. The maximum atomic E-state index is 6.39. The summed E-state index contributed by atoms with van der Waals surface area (Å²) in [6.45, 7) is 5.15. The van der Waals surface area contributed by atoms with Gasteiger partial charge in [0.15, 0.2) is 0 Å². The van der Waals surface area contributed by atoms with Crippen LogP contribution in [0.2, 0.25) is 0 Å². The molecule has 0 aromatic heterocycles. The third-order valence-electron chi connectivity index (χ3n) is 4.80. The maximum absolute atomic E-state index is 6.39. The summed E-state index contributed by atoms with van der Waals surface area (Å²) in [7, 11) is 0. The number of halogens is 1. The molecule has 0 bridgehead atoms. The van der Waals surface area contributed by atoms with Crippen LogP contribution in [-0.4, -0.2) is 29.8 Å². The standard InChI is InChI=1S/C15H27IO2/c1-2-13-3-7-15(12-16,8-4-13)18-11-14-5-9-17-10-6-14/h13-14H,2-12H2,1H3. The molecule has 1 aliphatic carbocycles. The molecule has 0 atom stereocenters. The van der Waals surface area contributed by atoms with E-state index < -0.39 is 0 Å². The third kappa shape index (κ3) is 4.07. The number of hydrogen-bond acceptors (Lipinski definition) is 2. The summed E-state index contributed by atoms with van der Waals surface area (Å²) in [5, 5.41) is 0. The fraction of sp³-hybridized carbons (Fsp3) is 1.00. The van der Waals surface area contributed by atoms with Crippen LogP contribution in [0.5, 0.6) is 0 Å². The van der Waals surface area contributed by atoms with Crippen LogP contribution in [0, 0.1) is 11.8 Å². The van der Waals surface area contributed by atoms with Crippen molar-refractivity contribution in [2.24, 2.45) is 11.8 Å². The fourth-order valence-corrected chi connectivity index (χ4v) is 4.12. The van der Waals surface area contributed by atoms with Gasteiger partial charge < -0.3 is 9.47 Å². The molecule has 1 heterocycles. The van der Waals surface area contributed by atoms with Gasteiger partial charge in [-0.3, -0.25) is 0 Å². The molecule has 0 unspecified atom stereocenters. The van der Waals surface area contributed by atoms with Crippen LogP contribution in [0.1, 0.15) is 51.9 Å². The molecule has 0 radical (unpaired) electrons. The summed E-state index contributed by atoms with van der Waals surface area (Å²) in [5.41, 5.74) is 0.199. The third-order valence-corrected chi connectivity index (χ3v) is 6.19. The minimum atomic E-state index is 0.199. The number of alkyl halides is 1. The Hall–Kier alpha value is 0.650. The number of ether oxygens (including phenoxy) is 2. The molecule has 0 spiro atoms. The summed E-state index contributed by atoms with van der Waals surface area (Å²) in [4.78, 5) is 0. The van der Waals surface area contributed by atoms with Crippen LogP contribution in [0.3, 0.4) is 0 Å². The summed E-state index contributed by atoms with van der Waals surface area (Å²) < 4.78 is 13.0. The normalized spacial score (nSPS) is 34.7. The molecular formula is C15H27IO2. The van der Waals surface area contributed by atoms with Crippen molar-refractivity contribution >= 4 is 22.6 Å². The quantitative estimate of drug-likeness (QED) is 0.536. The molecule has 0 aromatic rings. The molecule has 1 aliphatic heterocycles. The van der Waals surface area contributed by atoms with Crippen molar-refractivity contribution in [3.63, 3.8) is 0 Å². The topological polar surface area (TPSA) is 18.5 Å². The molecule has 2 rings (SSSR count). The van der Waals surface area contributed by atoms with Crippen molar-refractivity contribution < 1.29 is 9.47 Å². The van der Waals surface area contributed by atoms with E-state index in [2.05, 4.69) is 29.5 Å². The van der Waals surface area contributed by atoms with Gasteiger partial charge >= 0.3 is 0 Å². The first-order valence-electron chi connectivity index (χ1n) is 7.55. The van der Waals surface area contributed by atoms with Crippen LogP contribution < -0.4 is 0 Å². The van der Waals surface area contributed by atoms with Gasteiger partial charge in [-0.15, -0.1) is 0 Å². The van der Waals surface area contributed by atoms with E-state index in [1.165, 1.54) is 44.9 Å². The van der Waals surface area contributed by atoms with E-state index in [-0.39, 0.29) is 5.60 Å². The highest BCUT2D eigenvalue weighted by atomic mass is 127. The van der Waals surface area contributed by atoms with Crippen molar-refractivity contribution in [2.75, 3.05) is 24.2 Å². The fourth-order valence-electron chi connectivity index (χ4n) is 3.14. The number of rotatable bonds is 5. The molecule has 18 heavy (non-hydrogen) atoms. The van der Waals surface area contributed by atoms with E-state index in [9.17, 15) is 0 Å². The van der Waals surface area contributed by atoms with Gasteiger partial charge in [-0.25, -0.2) is 0 Å². The molecule has 0 N–H and O–H groups in total. The first-order chi connectivity index (χ1) is 8.78. The zero-order chi connectivity index (χ0) is 12.8. The largest absolute Gasteiger partial charge is 0.381 e. The van der Waals surface area contributed by atoms with Gasteiger partial charge in [0.05, 0.1) is 12.2 Å². The number of hydrogen-bond donors (Lipinski definition) is 0. The van der Waals surface area contributed by atoms with Crippen LogP contribution >= 0.6 is 22.6 Å². The van der Waals surface area contributed by atoms with Gasteiger partial charge in [0.25, 0.3) is 0 Å². The van der Waals surface area contributed by atoms with Crippen LogP contribution in [-0.2, 0) is 9.47 Å². The first kappa shape index (κ1) is 15.0. The van der Waals surface area contributed by atoms with Crippen LogP contribution in [0.4, 0.5) is 0 Å². The lowest BCUT2D eigenvalue weighted by Crippen LogP contribution is -2.40. The lowest BCUT2D eigenvalue weighted by molar-refractivity contribution is -0.0848. The van der Waals surface area contributed by atoms with Crippen LogP contribution in [0.15, 0.2) is 0 Å². The van der Waals surface area contributed by atoms with Gasteiger partial charge in [0, 0.05) is 17.6 Å². The van der Waals surface area contributed by atoms with Crippen LogP contribution in [0.25, 0.3) is 0 Å². The maximum Gasteiger partial charge on any atom is 0.0771 e. The summed E-state index contributed by atoms with van der Waals surface area (Å²) in [5.74, 6) is 1.69. The molecule has 2 nitrogen and oxygen atoms in total. The predicted molar refractivity (Wildman–Crippen MR) is 83.4 cm³/mol. The minimum absolute atomic E-state index is 0.199. The molecule has 3 heteroatoms. The molecular weight excluding hydrogens is 339 g/mol. The van der Waals surface area contributed by atoms with Crippen molar-refractivity contribution in [1.29, 1.82) is 0 Å². The highest BCUT2D eigenvalue weighted by molar-refractivity contribution is 14.1. The Morgan fingerprint density at radius 1 is 1.11 bits per heavy atom.